The highest BCUT2D eigenvalue weighted by molar-refractivity contribution is 5.95. The molecule has 0 bridgehead atoms. The van der Waals surface area contributed by atoms with Crippen LogP contribution in [-0.2, 0) is 16.0 Å². The highest BCUT2D eigenvalue weighted by Gasteiger charge is 2.32. The molecule has 10 heteroatoms. The Bertz CT molecular complexity index is 1540. The first-order chi connectivity index (χ1) is 18.8. The molecule has 0 aliphatic carbocycles. The van der Waals surface area contributed by atoms with Crippen molar-refractivity contribution in [3.05, 3.63) is 112 Å². The van der Waals surface area contributed by atoms with Crippen LogP contribution >= 0.6 is 0 Å². The van der Waals surface area contributed by atoms with Crippen LogP contribution in [0.15, 0.2) is 94.1 Å². The van der Waals surface area contributed by atoms with Gasteiger partial charge in [-0.1, -0.05) is 48.5 Å². The number of aliphatic hydroxyl groups excluding tert-OH is 1. The lowest BCUT2D eigenvalue weighted by Gasteiger charge is -2.25. The maximum absolute atomic E-state index is 13.1. The minimum absolute atomic E-state index is 0.195. The van der Waals surface area contributed by atoms with Crippen molar-refractivity contribution in [1.82, 2.24) is 10.6 Å². The molecule has 0 aliphatic heterocycles. The maximum atomic E-state index is 13.1. The fraction of sp³-hybridized carbons (Fsp3) is 0.172. The average Bonchev–Trinajstić information content (AvgIpc) is 2.95. The van der Waals surface area contributed by atoms with E-state index in [1.165, 1.54) is 13.2 Å². The molecule has 4 aromatic rings. The monoisotopic (exact) mass is 530 g/mol. The second-order valence-electron chi connectivity index (χ2n) is 8.73. The van der Waals surface area contributed by atoms with Crippen LogP contribution in [0.25, 0.3) is 11.0 Å². The van der Waals surface area contributed by atoms with E-state index in [0.717, 1.165) is 6.07 Å². The standard InChI is InChI=1S/C29H26N2O8/c1-38-20-12-13-21-19(15-24(32)39-23(21)16-20)14-22(29(36)37)30-28(35)26(33)25(17-8-4-2-5-9-17)31-27(34)18-10-6-3-7-11-18/h2-13,15-16,22,25-26,33H,14H2,1H3,(H,30,35)(H,31,34)(H,36,37)/t22-,25-,26+/m0/s1. The van der Waals surface area contributed by atoms with Gasteiger partial charge in [0.1, 0.15) is 17.4 Å². The second kappa shape index (κ2) is 12.1. The minimum atomic E-state index is -1.83. The van der Waals surface area contributed by atoms with E-state index in [4.69, 9.17) is 9.15 Å². The van der Waals surface area contributed by atoms with Gasteiger partial charge in [-0.3, -0.25) is 9.59 Å². The number of fused-ring (bicyclic) bond motifs is 1. The molecule has 200 valence electrons. The van der Waals surface area contributed by atoms with Gasteiger partial charge in [-0.05, 0) is 35.4 Å². The number of carboxylic acid groups (broad SMARTS) is 1. The first-order valence-electron chi connectivity index (χ1n) is 12.0. The number of nitrogens with one attached hydrogen (secondary N) is 2. The third-order valence-corrected chi connectivity index (χ3v) is 6.14. The number of rotatable bonds is 10. The van der Waals surface area contributed by atoms with E-state index in [1.807, 2.05) is 0 Å². The Morgan fingerprint density at radius 1 is 0.923 bits per heavy atom. The minimum Gasteiger partial charge on any atom is -0.497 e. The number of carbonyl (C=O) groups is 3. The van der Waals surface area contributed by atoms with Gasteiger partial charge in [0, 0.05) is 29.5 Å². The Morgan fingerprint density at radius 3 is 2.23 bits per heavy atom. The summed E-state index contributed by atoms with van der Waals surface area (Å²) in [6, 6.07) is 19.9. The Kier molecular flexibility index (Phi) is 8.37. The van der Waals surface area contributed by atoms with E-state index in [2.05, 4.69) is 10.6 Å². The van der Waals surface area contributed by atoms with Crippen molar-refractivity contribution in [2.24, 2.45) is 0 Å². The molecular formula is C29H26N2O8. The van der Waals surface area contributed by atoms with Crippen molar-refractivity contribution in [1.29, 1.82) is 0 Å². The van der Waals surface area contributed by atoms with Crippen molar-refractivity contribution in [2.45, 2.75) is 24.6 Å². The summed E-state index contributed by atoms with van der Waals surface area (Å²) in [5.74, 6) is -2.48. The number of aliphatic hydroxyl groups is 1. The van der Waals surface area contributed by atoms with E-state index >= 15 is 0 Å². The molecule has 0 saturated heterocycles. The molecule has 3 atom stereocenters. The molecule has 4 N–H and O–H groups in total. The quantitative estimate of drug-likeness (QED) is 0.228. The first kappa shape index (κ1) is 27.1. The number of ether oxygens (including phenoxy) is 1. The average molecular weight is 531 g/mol. The number of hydrogen-bond acceptors (Lipinski definition) is 7. The van der Waals surface area contributed by atoms with Gasteiger partial charge in [0.15, 0.2) is 6.10 Å². The van der Waals surface area contributed by atoms with Crippen LogP contribution in [0.2, 0.25) is 0 Å². The summed E-state index contributed by atoms with van der Waals surface area (Å²) in [6.07, 6.45) is -2.10. The van der Waals surface area contributed by atoms with E-state index in [0.29, 0.717) is 27.8 Å². The fourth-order valence-corrected chi connectivity index (χ4v) is 4.15. The highest BCUT2D eigenvalue weighted by atomic mass is 16.5. The lowest BCUT2D eigenvalue weighted by molar-refractivity contribution is -0.143. The second-order valence-corrected chi connectivity index (χ2v) is 8.73. The van der Waals surface area contributed by atoms with Crippen LogP contribution < -0.4 is 21.0 Å². The molecule has 0 aliphatic rings. The van der Waals surface area contributed by atoms with Crippen LogP contribution in [0.5, 0.6) is 5.75 Å². The SMILES string of the molecule is COc1ccc2c(C[C@H](NC(=O)[C@H](O)[C@@H](NC(=O)c3ccccc3)c3ccccc3)C(=O)O)cc(=O)oc2c1. The molecule has 0 unspecified atom stereocenters. The normalized spacial score (nSPS) is 13.2. The van der Waals surface area contributed by atoms with Gasteiger partial charge in [0.25, 0.3) is 11.8 Å². The summed E-state index contributed by atoms with van der Waals surface area (Å²) < 4.78 is 10.4. The Hall–Kier alpha value is -4.96. The number of amides is 2. The predicted molar refractivity (Wildman–Crippen MR) is 141 cm³/mol. The van der Waals surface area contributed by atoms with E-state index < -0.39 is 41.6 Å². The van der Waals surface area contributed by atoms with E-state index in [-0.39, 0.29) is 12.0 Å². The van der Waals surface area contributed by atoms with Gasteiger partial charge >= 0.3 is 11.6 Å². The van der Waals surface area contributed by atoms with Gasteiger partial charge < -0.3 is 30.0 Å². The zero-order valence-corrected chi connectivity index (χ0v) is 20.9. The van der Waals surface area contributed by atoms with Crippen molar-refractivity contribution >= 4 is 28.8 Å². The summed E-state index contributed by atoms with van der Waals surface area (Å²) in [6.45, 7) is 0. The number of benzene rings is 3. The summed E-state index contributed by atoms with van der Waals surface area (Å²) in [4.78, 5) is 50.2. The largest absolute Gasteiger partial charge is 0.497 e. The summed E-state index contributed by atoms with van der Waals surface area (Å²) in [5, 5.41) is 26.3. The van der Waals surface area contributed by atoms with Crippen molar-refractivity contribution < 1.29 is 33.8 Å². The smallest absolute Gasteiger partial charge is 0.336 e. The van der Waals surface area contributed by atoms with Gasteiger partial charge in [-0.2, -0.15) is 0 Å². The van der Waals surface area contributed by atoms with Crippen LogP contribution in [-0.4, -0.2) is 47.3 Å². The molecule has 4 rings (SSSR count). The van der Waals surface area contributed by atoms with Crippen LogP contribution in [0.4, 0.5) is 0 Å². The Balaban J connectivity index is 1.58. The topological polar surface area (TPSA) is 155 Å². The van der Waals surface area contributed by atoms with Crippen LogP contribution in [0.3, 0.4) is 0 Å². The van der Waals surface area contributed by atoms with Gasteiger partial charge in [0.2, 0.25) is 0 Å². The molecule has 0 fully saturated rings. The first-order valence-corrected chi connectivity index (χ1v) is 12.0. The molecule has 1 aromatic heterocycles. The van der Waals surface area contributed by atoms with E-state index in [9.17, 15) is 29.4 Å². The molecular weight excluding hydrogens is 504 g/mol. The Morgan fingerprint density at radius 2 is 1.59 bits per heavy atom. The molecule has 0 spiro atoms. The third kappa shape index (κ3) is 6.49. The number of carbonyl (C=O) groups excluding carboxylic acids is 2. The van der Waals surface area contributed by atoms with Crippen molar-refractivity contribution in [3.8, 4) is 5.75 Å². The van der Waals surface area contributed by atoms with Gasteiger partial charge in [0.05, 0.1) is 13.2 Å². The lowest BCUT2D eigenvalue weighted by Crippen LogP contribution is -2.50. The third-order valence-electron chi connectivity index (χ3n) is 6.14. The molecule has 10 nitrogen and oxygen atoms in total. The zero-order chi connectivity index (χ0) is 27.9. The molecule has 1 heterocycles. The maximum Gasteiger partial charge on any atom is 0.336 e. The van der Waals surface area contributed by atoms with Crippen LogP contribution in [0.1, 0.15) is 27.5 Å². The summed E-state index contributed by atoms with van der Waals surface area (Å²) in [5.41, 5.74) is 0.579. The number of aliphatic carboxylic acids is 1. The Labute approximate surface area is 222 Å². The zero-order valence-electron chi connectivity index (χ0n) is 20.9. The predicted octanol–water partition coefficient (Wildman–Crippen LogP) is 2.45. The molecule has 3 aromatic carbocycles. The number of carboxylic acids is 1. The number of methoxy groups -OCH3 is 1. The summed E-state index contributed by atoms with van der Waals surface area (Å²) in [7, 11) is 1.45. The van der Waals surface area contributed by atoms with Crippen molar-refractivity contribution in [2.75, 3.05) is 7.11 Å². The molecule has 0 radical (unpaired) electrons. The lowest BCUT2D eigenvalue weighted by atomic mass is 9.98. The van der Waals surface area contributed by atoms with Gasteiger partial charge in [-0.15, -0.1) is 0 Å². The molecule has 2 amide bonds. The van der Waals surface area contributed by atoms with E-state index in [1.54, 1.807) is 72.8 Å². The van der Waals surface area contributed by atoms with Crippen molar-refractivity contribution in [3.63, 3.8) is 0 Å². The fourth-order valence-electron chi connectivity index (χ4n) is 4.15. The molecule has 0 saturated carbocycles. The molecule has 39 heavy (non-hydrogen) atoms. The highest BCUT2D eigenvalue weighted by Crippen LogP contribution is 2.24. The van der Waals surface area contributed by atoms with Gasteiger partial charge in [-0.25, -0.2) is 9.59 Å². The van der Waals surface area contributed by atoms with Crippen LogP contribution in [0, 0.1) is 0 Å². The summed E-state index contributed by atoms with van der Waals surface area (Å²) >= 11 is 0. The number of hydrogen-bond donors (Lipinski definition) is 4.